The van der Waals surface area contributed by atoms with Crippen molar-refractivity contribution in [2.45, 2.75) is 24.7 Å². The van der Waals surface area contributed by atoms with E-state index in [1.165, 1.54) is 26.5 Å². The largest absolute Gasteiger partial charge is 0.467 e. The predicted octanol–water partition coefficient (Wildman–Crippen LogP) is 0.268. The van der Waals surface area contributed by atoms with Gasteiger partial charge >= 0.3 is 11.9 Å². The SMILES string of the molecule is COC(=O)C1(C(=O)OC)C=CC(C2OCCCCO2)=CN1. The molecular formula is C14H19NO6. The highest BCUT2D eigenvalue weighted by atomic mass is 16.7. The van der Waals surface area contributed by atoms with E-state index in [4.69, 9.17) is 9.47 Å². The Labute approximate surface area is 122 Å². The van der Waals surface area contributed by atoms with Crippen LogP contribution < -0.4 is 5.32 Å². The lowest BCUT2D eigenvalue weighted by Crippen LogP contribution is -2.57. The molecule has 0 aromatic carbocycles. The molecule has 2 rings (SSSR count). The maximum atomic E-state index is 11.9. The van der Waals surface area contributed by atoms with Crippen molar-refractivity contribution in [2.24, 2.45) is 0 Å². The quantitative estimate of drug-likeness (QED) is 0.591. The topological polar surface area (TPSA) is 83.1 Å². The van der Waals surface area contributed by atoms with E-state index in [0.717, 1.165) is 12.8 Å². The monoisotopic (exact) mass is 297 g/mol. The Bertz CT molecular complexity index is 446. The summed E-state index contributed by atoms with van der Waals surface area (Å²) in [6.45, 7) is 1.21. The molecule has 0 aromatic heterocycles. The molecule has 1 fully saturated rings. The van der Waals surface area contributed by atoms with E-state index in [0.29, 0.717) is 18.8 Å². The Kier molecular flexibility index (Phi) is 4.98. The molecule has 21 heavy (non-hydrogen) atoms. The zero-order valence-electron chi connectivity index (χ0n) is 12.1. The average molecular weight is 297 g/mol. The van der Waals surface area contributed by atoms with E-state index >= 15 is 0 Å². The van der Waals surface area contributed by atoms with Crippen LogP contribution in [0.25, 0.3) is 0 Å². The number of rotatable bonds is 3. The zero-order chi connectivity index (χ0) is 15.3. The molecule has 7 nitrogen and oxygen atoms in total. The predicted molar refractivity (Wildman–Crippen MR) is 72.0 cm³/mol. The van der Waals surface area contributed by atoms with Crippen molar-refractivity contribution < 1.29 is 28.5 Å². The number of hydrogen-bond donors (Lipinski definition) is 1. The number of methoxy groups -OCH3 is 2. The van der Waals surface area contributed by atoms with Gasteiger partial charge in [-0.2, -0.15) is 0 Å². The molecule has 7 heteroatoms. The summed E-state index contributed by atoms with van der Waals surface area (Å²) in [5, 5.41) is 2.74. The minimum Gasteiger partial charge on any atom is -0.467 e. The Morgan fingerprint density at radius 2 is 1.76 bits per heavy atom. The third-order valence-electron chi connectivity index (χ3n) is 3.36. The minimum atomic E-state index is -1.67. The minimum absolute atomic E-state index is 0.510. The molecule has 1 saturated heterocycles. The molecule has 0 saturated carbocycles. The van der Waals surface area contributed by atoms with Crippen LogP contribution in [0.2, 0.25) is 0 Å². The standard InChI is InChI=1S/C14H19NO6/c1-18-12(16)14(13(17)19-2)6-5-10(9-15-14)11-20-7-3-4-8-21-11/h5-6,9,11,15H,3-4,7-8H2,1-2H3. The number of nitrogens with one attached hydrogen (secondary N) is 1. The molecule has 1 N–H and O–H groups in total. The fourth-order valence-corrected chi connectivity index (χ4v) is 2.15. The molecule has 0 amide bonds. The number of carbonyl (C=O) groups is 2. The van der Waals surface area contributed by atoms with Crippen molar-refractivity contribution >= 4 is 11.9 Å². The fourth-order valence-electron chi connectivity index (χ4n) is 2.15. The van der Waals surface area contributed by atoms with Crippen LogP contribution in [-0.4, -0.2) is 51.2 Å². The summed E-state index contributed by atoms with van der Waals surface area (Å²) in [5.74, 6) is -1.49. The normalized spacial score (nSPS) is 21.7. The van der Waals surface area contributed by atoms with Gasteiger partial charge in [-0.3, -0.25) is 0 Å². The van der Waals surface area contributed by atoms with Crippen molar-refractivity contribution in [2.75, 3.05) is 27.4 Å². The van der Waals surface area contributed by atoms with E-state index < -0.39 is 23.8 Å². The molecule has 0 spiro atoms. The van der Waals surface area contributed by atoms with Crippen LogP contribution in [-0.2, 0) is 28.5 Å². The summed E-state index contributed by atoms with van der Waals surface area (Å²) in [5.41, 5.74) is -0.974. The van der Waals surface area contributed by atoms with Gasteiger partial charge in [0.1, 0.15) is 0 Å². The number of esters is 2. The van der Waals surface area contributed by atoms with Crippen LogP contribution in [0.15, 0.2) is 23.9 Å². The first-order valence-electron chi connectivity index (χ1n) is 6.71. The van der Waals surface area contributed by atoms with Gasteiger partial charge in [0, 0.05) is 11.8 Å². The molecule has 0 aromatic rings. The molecule has 2 heterocycles. The van der Waals surface area contributed by atoms with E-state index in [-0.39, 0.29) is 0 Å². The van der Waals surface area contributed by atoms with Gasteiger partial charge < -0.3 is 24.3 Å². The molecule has 116 valence electrons. The van der Waals surface area contributed by atoms with E-state index in [9.17, 15) is 9.59 Å². The maximum Gasteiger partial charge on any atom is 0.347 e. The first kappa shape index (κ1) is 15.5. The third kappa shape index (κ3) is 3.08. The van der Waals surface area contributed by atoms with Crippen molar-refractivity contribution in [3.63, 3.8) is 0 Å². The first-order valence-corrected chi connectivity index (χ1v) is 6.71. The maximum absolute atomic E-state index is 11.9. The van der Waals surface area contributed by atoms with Crippen molar-refractivity contribution in [1.29, 1.82) is 0 Å². The molecule has 0 aliphatic carbocycles. The van der Waals surface area contributed by atoms with Gasteiger partial charge in [-0.15, -0.1) is 0 Å². The van der Waals surface area contributed by atoms with Gasteiger partial charge in [0.25, 0.3) is 5.54 Å². The first-order chi connectivity index (χ1) is 10.1. The lowest BCUT2D eigenvalue weighted by atomic mass is 9.95. The van der Waals surface area contributed by atoms with Gasteiger partial charge in [-0.25, -0.2) is 9.59 Å². The molecule has 0 radical (unpaired) electrons. The van der Waals surface area contributed by atoms with Crippen molar-refractivity contribution in [3.8, 4) is 0 Å². The molecule has 0 bridgehead atoms. The average Bonchev–Trinajstić information content (AvgIpc) is 2.82. The smallest absolute Gasteiger partial charge is 0.347 e. The second-order valence-electron chi connectivity index (χ2n) is 4.69. The number of ether oxygens (including phenoxy) is 4. The van der Waals surface area contributed by atoms with Crippen LogP contribution >= 0.6 is 0 Å². The highest BCUT2D eigenvalue weighted by Gasteiger charge is 2.47. The van der Waals surface area contributed by atoms with Gasteiger partial charge in [-0.05, 0) is 18.9 Å². The molecular weight excluding hydrogens is 278 g/mol. The van der Waals surface area contributed by atoms with Crippen LogP contribution in [0.5, 0.6) is 0 Å². The summed E-state index contributed by atoms with van der Waals surface area (Å²) >= 11 is 0. The molecule has 0 unspecified atom stereocenters. The molecule has 2 aliphatic heterocycles. The highest BCUT2D eigenvalue weighted by molar-refractivity contribution is 6.07. The summed E-state index contributed by atoms with van der Waals surface area (Å²) in [6.07, 6.45) is 5.90. The summed E-state index contributed by atoms with van der Waals surface area (Å²) in [6, 6.07) is 0. The van der Waals surface area contributed by atoms with Crippen LogP contribution in [0.1, 0.15) is 12.8 Å². The van der Waals surface area contributed by atoms with Gasteiger partial charge in [-0.1, -0.05) is 6.08 Å². The third-order valence-corrected chi connectivity index (χ3v) is 3.36. The Morgan fingerprint density at radius 1 is 1.19 bits per heavy atom. The Hall–Kier alpha value is -1.86. The van der Waals surface area contributed by atoms with Gasteiger partial charge in [0.2, 0.25) is 0 Å². The highest BCUT2D eigenvalue weighted by Crippen LogP contribution is 2.22. The van der Waals surface area contributed by atoms with E-state index in [2.05, 4.69) is 14.8 Å². The van der Waals surface area contributed by atoms with Crippen LogP contribution in [0.4, 0.5) is 0 Å². The summed E-state index contributed by atoms with van der Waals surface area (Å²) in [7, 11) is 2.42. The van der Waals surface area contributed by atoms with Crippen LogP contribution in [0, 0.1) is 0 Å². The van der Waals surface area contributed by atoms with Crippen molar-refractivity contribution in [3.05, 3.63) is 23.9 Å². The zero-order valence-corrected chi connectivity index (χ0v) is 12.1. The van der Waals surface area contributed by atoms with Gasteiger partial charge in [0.05, 0.1) is 27.4 Å². The lowest BCUT2D eigenvalue weighted by Gasteiger charge is -2.29. The second kappa shape index (κ2) is 6.73. The summed E-state index contributed by atoms with van der Waals surface area (Å²) in [4.78, 5) is 23.8. The molecule has 2 aliphatic rings. The Balaban J connectivity index is 2.16. The van der Waals surface area contributed by atoms with Gasteiger partial charge in [0.15, 0.2) is 6.29 Å². The molecule has 0 atom stereocenters. The lowest BCUT2D eigenvalue weighted by molar-refractivity contribution is -0.159. The van der Waals surface area contributed by atoms with E-state index in [1.807, 2.05) is 0 Å². The van der Waals surface area contributed by atoms with Crippen LogP contribution in [0.3, 0.4) is 0 Å². The second-order valence-corrected chi connectivity index (χ2v) is 4.69. The summed E-state index contributed by atoms with van der Waals surface area (Å²) < 4.78 is 20.5. The van der Waals surface area contributed by atoms with E-state index in [1.54, 1.807) is 6.08 Å². The van der Waals surface area contributed by atoms with Crippen molar-refractivity contribution in [1.82, 2.24) is 5.32 Å². The number of dihydropyridines is 1. The number of hydrogen-bond acceptors (Lipinski definition) is 7. The fraction of sp³-hybridized carbons (Fsp3) is 0.571. The Morgan fingerprint density at radius 3 is 2.19 bits per heavy atom. The number of carbonyl (C=O) groups excluding carboxylic acids is 2.